The van der Waals surface area contributed by atoms with E-state index in [1.165, 1.54) is 51.4 Å². The average molecular weight is 336 g/mol. The highest BCUT2D eigenvalue weighted by atomic mass is 32.2. The van der Waals surface area contributed by atoms with Crippen molar-refractivity contribution in [2.45, 2.75) is 75.1 Å². The van der Waals surface area contributed by atoms with Gasteiger partial charge in [0.05, 0.1) is 4.90 Å². The fourth-order valence-corrected chi connectivity index (χ4v) is 5.62. The predicted molar refractivity (Wildman–Crippen MR) is 93.7 cm³/mol. The Hall–Kier alpha value is -0.870. The second-order valence-corrected chi connectivity index (χ2v) is 9.11. The van der Waals surface area contributed by atoms with Gasteiger partial charge in [0.2, 0.25) is 10.0 Å². The number of nitrogens with one attached hydrogen (secondary N) is 1. The SMILES string of the molecule is O=S(=O)(NC1CCC(CC2CCCCC2)CC1)c1ccccc1. The zero-order valence-electron chi connectivity index (χ0n) is 13.9. The molecule has 3 nitrogen and oxygen atoms in total. The smallest absolute Gasteiger partial charge is 0.208 e. The lowest BCUT2D eigenvalue weighted by atomic mass is 9.77. The molecule has 2 aliphatic carbocycles. The molecule has 2 saturated carbocycles. The van der Waals surface area contributed by atoms with Crippen LogP contribution < -0.4 is 4.72 Å². The first kappa shape index (κ1) is 17.0. The Morgan fingerprint density at radius 2 is 1.43 bits per heavy atom. The summed E-state index contributed by atoms with van der Waals surface area (Å²) in [7, 11) is -3.35. The normalized spacial score (nSPS) is 27.0. The van der Waals surface area contributed by atoms with Gasteiger partial charge in [-0.25, -0.2) is 13.1 Å². The summed E-state index contributed by atoms with van der Waals surface area (Å²) in [6.07, 6.45) is 12.8. The molecule has 23 heavy (non-hydrogen) atoms. The third-order valence-electron chi connectivity index (χ3n) is 5.61. The van der Waals surface area contributed by atoms with Crippen LogP contribution in [0.5, 0.6) is 0 Å². The minimum absolute atomic E-state index is 0.114. The molecule has 2 aliphatic rings. The number of hydrogen-bond acceptors (Lipinski definition) is 2. The van der Waals surface area contributed by atoms with Crippen molar-refractivity contribution in [3.63, 3.8) is 0 Å². The van der Waals surface area contributed by atoms with Crippen molar-refractivity contribution < 1.29 is 8.42 Å². The van der Waals surface area contributed by atoms with E-state index in [1.807, 2.05) is 6.07 Å². The molecule has 3 rings (SSSR count). The summed E-state index contributed by atoms with van der Waals surface area (Å²) >= 11 is 0. The molecule has 0 radical (unpaired) electrons. The summed E-state index contributed by atoms with van der Waals surface area (Å²) in [4.78, 5) is 0.379. The Bertz CT molecular complexity index is 571. The van der Waals surface area contributed by atoms with Gasteiger partial charge in [-0.15, -0.1) is 0 Å². The average Bonchev–Trinajstić information content (AvgIpc) is 2.58. The molecule has 4 heteroatoms. The molecular weight excluding hydrogens is 306 g/mol. The monoisotopic (exact) mass is 335 g/mol. The zero-order chi connectivity index (χ0) is 16.1. The molecule has 0 aromatic heterocycles. The molecule has 1 aromatic rings. The maximum Gasteiger partial charge on any atom is 0.240 e. The molecule has 0 unspecified atom stereocenters. The second kappa shape index (κ2) is 7.80. The molecule has 2 fully saturated rings. The molecule has 0 atom stereocenters. The van der Waals surface area contributed by atoms with E-state index < -0.39 is 10.0 Å². The summed E-state index contributed by atoms with van der Waals surface area (Å²) in [5.74, 6) is 1.75. The van der Waals surface area contributed by atoms with Crippen molar-refractivity contribution in [1.29, 1.82) is 0 Å². The molecule has 0 bridgehead atoms. The van der Waals surface area contributed by atoms with Gasteiger partial charge >= 0.3 is 0 Å². The quantitative estimate of drug-likeness (QED) is 0.861. The lowest BCUT2D eigenvalue weighted by Crippen LogP contribution is -2.37. The van der Waals surface area contributed by atoms with Crippen molar-refractivity contribution in [2.24, 2.45) is 11.8 Å². The molecule has 0 aliphatic heterocycles. The first-order chi connectivity index (χ1) is 11.1. The standard InChI is InChI=1S/C19H29NO2S/c21-23(22,19-9-5-2-6-10-19)20-18-13-11-17(12-14-18)15-16-7-3-1-4-8-16/h2,5-6,9-10,16-18,20H,1,3-4,7-8,11-15H2. The number of hydrogen-bond donors (Lipinski definition) is 1. The van der Waals surface area contributed by atoms with Crippen LogP contribution in [0.3, 0.4) is 0 Å². The van der Waals surface area contributed by atoms with Gasteiger partial charge in [0, 0.05) is 6.04 Å². The van der Waals surface area contributed by atoms with Gasteiger partial charge in [-0.1, -0.05) is 50.3 Å². The van der Waals surface area contributed by atoms with Crippen LogP contribution in [0.4, 0.5) is 0 Å². The van der Waals surface area contributed by atoms with Crippen LogP contribution in [-0.2, 0) is 10.0 Å². The molecule has 0 spiro atoms. The molecular formula is C19H29NO2S. The second-order valence-electron chi connectivity index (χ2n) is 7.39. The van der Waals surface area contributed by atoms with E-state index in [-0.39, 0.29) is 6.04 Å². The Labute approximate surface area is 140 Å². The third kappa shape index (κ3) is 4.80. The van der Waals surface area contributed by atoms with Crippen LogP contribution in [0.15, 0.2) is 35.2 Å². The molecule has 128 valence electrons. The lowest BCUT2D eigenvalue weighted by molar-refractivity contribution is 0.229. The van der Waals surface area contributed by atoms with Crippen LogP contribution in [0.1, 0.15) is 64.2 Å². The highest BCUT2D eigenvalue weighted by Crippen LogP contribution is 2.35. The highest BCUT2D eigenvalue weighted by Gasteiger charge is 2.27. The minimum atomic E-state index is -3.35. The number of sulfonamides is 1. The topological polar surface area (TPSA) is 46.2 Å². The largest absolute Gasteiger partial charge is 0.240 e. The Kier molecular flexibility index (Phi) is 5.76. The van der Waals surface area contributed by atoms with Crippen LogP contribution in [0.2, 0.25) is 0 Å². The fraction of sp³-hybridized carbons (Fsp3) is 0.684. The van der Waals surface area contributed by atoms with Gasteiger partial charge < -0.3 is 0 Å². The van der Waals surface area contributed by atoms with Crippen molar-refractivity contribution in [3.8, 4) is 0 Å². The van der Waals surface area contributed by atoms with Crippen molar-refractivity contribution in [3.05, 3.63) is 30.3 Å². The summed E-state index contributed by atoms with van der Waals surface area (Å²) in [5.41, 5.74) is 0. The Balaban J connectivity index is 1.47. The molecule has 1 N–H and O–H groups in total. The lowest BCUT2D eigenvalue weighted by Gasteiger charge is -2.32. The number of benzene rings is 1. The van der Waals surface area contributed by atoms with E-state index in [4.69, 9.17) is 0 Å². The highest BCUT2D eigenvalue weighted by molar-refractivity contribution is 7.89. The van der Waals surface area contributed by atoms with E-state index in [9.17, 15) is 8.42 Å². The van der Waals surface area contributed by atoms with E-state index >= 15 is 0 Å². The van der Waals surface area contributed by atoms with Gasteiger partial charge in [-0.2, -0.15) is 0 Å². The van der Waals surface area contributed by atoms with Gasteiger partial charge in [-0.3, -0.25) is 0 Å². The molecule has 1 aromatic carbocycles. The maximum absolute atomic E-state index is 12.4. The molecule has 0 saturated heterocycles. The summed E-state index contributed by atoms with van der Waals surface area (Å²) in [5, 5.41) is 0. The van der Waals surface area contributed by atoms with Crippen LogP contribution in [0.25, 0.3) is 0 Å². The van der Waals surface area contributed by atoms with Gasteiger partial charge in [0.1, 0.15) is 0 Å². The minimum Gasteiger partial charge on any atom is -0.208 e. The maximum atomic E-state index is 12.4. The summed E-state index contributed by atoms with van der Waals surface area (Å²) < 4.78 is 27.7. The fourth-order valence-electron chi connectivity index (χ4n) is 4.30. The van der Waals surface area contributed by atoms with Crippen molar-refractivity contribution in [2.75, 3.05) is 0 Å². The van der Waals surface area contributed by atoms with Gasteiger partial charge in [0.25, 0.3) is 0 Å². The van der Waals surface area contributed by atoms with Crippen molar-refractivity contribution >= 4 is 10.0 Å². The Morgan fingerprint density at radius 3 is 2.09 bits per heavy atom. The first-order valence-corrected chi connectivity index (χ1v) is 10.7. The first-order valence-electron chi connectivity index (χ1n) is 9.21. The van der Waals surface area contributed by atoms with Crippen LogP contribution in [-0.4, -0.2) is 14.5 Å². The van der Waals surface area contributed by atoms with E-state index in [0.717, 1.165) is 24.7 Å². The van der Waals surface area contributed by atoms with Gasteiger partial charge in [-0.05, 0) is 56.1 Å². The van der Waals surface area contributed by atoms with Crippen LogP contribution in [0, 0.1) is 11.8 Å². The molecule has 0 heterocycles. The van der Waals surface area contributed by atoms with E-state index in [2.05, 4.69) is 4.72 Å². The van der Waals surface area contributed by atoms with Gasteiger partial charge in [0.15, 0.2) is 0 Å². The molecule has 0 amide bonds. The Morgan fingerprint density at radius 1 is 0.826 bits per heavy atom. The summed E-state index contributed by atoms with van der Waals surface area (Å²) in [6, 6.07) is 8.83. The zero-order valence-corrected chi connectivity index (χ0v) is 14.7. The number of rotatable bonds is 5. The van der Waals surface area contributed by atoms with Crippen LogP contribution >= 0.6 is 0 Å². The van der Waals surface area contributed by atoms with E-state index in [1.54, 1.807) is 24.3 Å². The van der Waals surface area contributed by atoms with E-state index in [0.29, 0.717) is 4.90 Å². The third-order valence-corrected chi connectivity index (χ3v) is 7.15. The predicted octanol–water partition coefficient (Wildman–Crippen LogP) is 4.49. The summed E-state index contributed by atoms with van der Waals surface area (Å²) in [6.45, 7) is 0. The van der Waals surface area contributed by atoms with Crippen molar-refractivity contribution in [1.82, 2.24) is 4.72 Å².